The molecule has 3 rings (SSSR count). The van der Waals surface area contributed by atoms with Crippen LogP contribution >= 0.6 is 11.6 Å². The van der Waals surface area contributed by atoms with Gasteiger partial charge in [-0.25, -0.2) is 4.98 Å². The first-order valence-corrected chi connectivity index (χ1v) is 11.3. The van der Waals surface area contributed by atoms with Gasteiger partial charge in [0.15, 0.2) is 0 Å². The van der Waals surface area contributed by atoms with Gasteiger partial charge in [-0.15, -0.1) is 0 Å². The highest BCUT2D eigenvalue weighted by molar-refractivity contribution is 7.86. The van der Waals surface area contributed by atoms with Crippen LogP contribution in [0.3, 0.4) is 0 Å². The van der Waals surface area contributed by atoms with Gasteiger partial charge in [0, 0.05) is 6.20 Å². The number of halogens is 1. The molecule has 2 aromatic carbocycles. The number of pyridine rings is 1. The van der Waals surface area contributed by atoms with Gasteiger partial charge in [-0.1, -0.05) is 53.6 Å². The molecule has 10 heteroatoms. The summed E-state index contributed by atoms with van der Waals surface area (Å²) < 4.78 is 59.4. The van der Waals surface area contributed by atoms with Gasteiger partial charge in [0.05, 0.1) is 9.79 Å². The average Bonchev–Trinajstić information content (AvgIpc) is 2.62. The van der Waals surface area contributed by atoms with Crippen LogP contribution in [0.1, 0.15) is 11.1 Å². The number of benzene rings is 2. The molecular weight excluding hydrogens is 438 g/mol. The third-order valence-corrected chi connectivity index (χ3v) is 5.42. The maximum Gasteiger partial charge on any atom is 0.294 e. The van der Waals surface area contributed by atoms with Gasteiger partial charge in [-0.2, -0.15) is 16.8 Å². The monoisotopic (exact) mass is 457 g/mol. The minimum atomic E-state index is -4.03. The van der Waals surface area contributed by atoms with E-state index in [1.807, 2.05) is 19.1 Å². The molecule has 0 aliphatic rings. The third kappa shape index (κ3) is 9.64. The highest BCUT2D eigenvalue weighted by Crippen LogP contribution is 2.12. The molecule has 0 unspecified atom stereocenters. The van der Waals surface area contributed by atoms with E-state index in [0.29, 0.717) is 10.7 Å². The molecule has 29 heavy (non-hydrogen) atoms. The van der Waals surface area contributed by atoms with Crippen molar-refractivity contribution in [2.75, 3.05) is 0 Å². The zero-order chi connectivity index (χ0) is 22.1. The zero-order valence-corrected chi connectivity index (χ0v) is 18.0. The van der Waals surface area contributed by atoms with Crippen molar-refractivity contribution in [1.29, 1.82) is 0 Å². The Balaban J connectivity index is 0.000000223. The zero-order valence-electron chi connectivity index (χ0n) is 15.6. The fourth-order valence-corrected chi connectivity index (χ4v) is 3.23. The standard InChI is InChI=1S/2C7H8O3S.C5H4ClN/c1-6-2-4-7(5-3-6)11(8,9)10;1-6-4-2-3-5-7(6)11(8,9)10;6-5-3-1-2-4-7-5/h2*2-5H,1H3,(H,8,9,10);1-4H. The molecule has 0 spiro atoms. The normalized spacial score (nSPS) is 10.8. The topological polar surface area (TPSA) is 122 Å². The van der Waals surface area contributed by atoms with E-state index >= 15 is 0 Å². The molecule has 0 fully saturated rings. The van der Waals surface area contributed by atoms with Crippen molar-refractivity contribution in [1.82, 2.24) is 4.98 Å². The Morgan fingerprint density at radius 1 is 0.759 bits per heavy atom. The van der Waals surface area contributed by atoms with Crippen molar-refractivity contribution in [2.45, 2.75) is 23.6 Å². The average molecular weight is 458 g/mol. The van der Waals surface area contributed by atoms with Crippen LogP contribution in [0.25, 0.3) is 0 Å². The molecule has 1 heterocycles. The first-order chi connectivity index (χ1) is 13.4. The van der Waals surface area contributed by atoms with E-state index in [0.717, 1.165) is 5.56 Å². The maximum absolute atomic E-state index is 10.6. The minimum absolute atomic E-state index is 0.0278. The van der Waals surface area contributed by atoms with Crippen molar-refractivity contribution in [3.05, 3.63) is 89.2 Å². The molecule has 0 radical (unpaired) electrons. The first-order valence-electron chi connectivity index (χ1n) is 8.05. The number of hydrogen-bond donors (Lipinski definition) is 2. The van der Waals surface area contributed by atoms with Crippen LogP contribution in [0.15, 0.2) is 82.7 Å². The number of aryl methyl sites for hydroxylation is 2. The number of aromatic nitrogens is 1. The van der Waals surface area contributed by atoms with Gasteiger partial charge in [0.1, 0.15) is 5.15 Å². The van der Waals surface area contributed by atoms with E-state index in [1.54, 1.807) is 49.5 Å². The Morgan fingerprint density at radius 2 is 1.31 bits per heavy atom. The van der Waals surface area contributed by atoms with Gasteiger partial charge in [-0.05, 0) is 49.7 Å². The van der Waals surface area contributed by atoms with Crippen LogP contribution in [0.2, 0.25) is 5.15 Å². The lowest BCUT2D eigenvalue weighted by atomic mass is 10.2. The van der Waals surface area contributed by atoms with Crippen LogP contribution < -0.4 is 0 Å². The molecule has 0 aliphatic heterocycles. The summed E-state index contributed by atoms with van der Waals surface area (Å²) in [4.78, 5) is 3.65. The summed E-state index contributed by atoms with van der Waals surface area (Å²) in [5, 5.41) is 0.544. The minimum Gasteiger partial charge on any atom is -0.282 e. The molecule has 0 atom stereocenters. The predicted octanol–water partition coefficient (Wildman–Crippen LogP) is 4.22. The van der Waals surface area contributed by atoms with Crippen molar-refractivity contribution < 1.29 is 25.9 Å². The highest BCUT2D eigenvalue weighted by Gasteiger charge is 2.10. The fraction of sp³-hybridized carbons (Fsp3) is 0.105. The van der Waals surface area contributed by atoms with Gasteiger partial charge in [-0.3, -0.25) is 9.11 Å². The Bertz CT molecular complexity index is 1120. The molecule has 7 nitrogen and oxygen atoms in total. The van der Waals surface area contributed by atoms with E-state index in [1.165, 1.54) is 18.2 Å². The summed E-state index contributed by atoms with van der Waals surface area (Å²) >= 11 is 5.43. The van der Waals surface area contributed by atoms with Crippen molar-refractivity contribution in [2.24, 2.45) is 0 Å². The molecule has 156 valence electrons. The molecule has 2 N–H and O–H groups in total. The molecular formula is C19H20ClNO6S2. The molecule has 3 aromatic rings. The quantitative estimate of drug-likeness (QED) is 0.436. The van der Waals surface area contributed by atoms with Crippen molar-refractivity contribution in [3.63, 3.8) is 0 Å². The Kier molecular flexibility index (Phi) is 9.41. The van der Waals surface area contributed by atoms with E-state index in [9.17, 15) is 16.8 Å². The summed E-state index contributed by atoms with van der Waals surface area (Å²) in [6.45, 7) is 3.47. The molecule has 0 saturated heterocycles. The highest BCUT2D eigenvalue weighted by atomic mass is 35.5. The number of rotatable bonds is 2. The summed E-state index contributed by atoms with van der Waals surface area (Å²) in [6, 6.07) is 17.7. The predicted molar refractivity (Wildman–Crippen MR) is 111 cm³/mol. The Labute approximate surface area is 175 Å². The van der Waals surface area contributed by atoms with Crippen molar-refractivity contribution in [3.8, 4) is 0 Å². The summed E-state index contributed by atoms with van der Waals surface area (Å²) in [5.41, 5.74) is 1.51. The van der Waals surface area contributed by atoms with Crippen LogP contribution in [-0.4, -0.2) is 30.9 Å². The molecule has 1 aromatic heterocycles. The maximum atomic E-state index is 10.6. The van der Waals surface area contributed by atoms with Gasteiger partial charge >= 0.3 is 0 Å². The second-order valence-corrected chi connectivity index (χ2v) is 8.88. The second kappa shape index (κ2) is 11.0. The lowest BCUT2D eigenvalue weighted by Gasteiger charge is -1.99. The van der Waals surface area contributed by atoms with Crippen molar-refractivity contribution >= 4 is 31.8 Å². The van der Waals surface area contributed by atoms with Crippen LogP contribution in [0, 0.1) is 13.8 Å². The largest absolute Gasteiger partial charge is 0.294 e. The third-order valence-electron chi connectivity index (χ3n) is 3.32. The number of hydrogen-bond acceptors (Lipinski definition) is 5. The summed E-state index contributed by atoms with van der Waals surface area (Å²) in [6.07, 6.45) is 1.66. The number of nitrogens with zero attached hydrogens (tertiary/aromatic N) is 1. The Morgan fingerprint density at radius 3 is 1.66 bits per heavy atom. The van der Waals surface area contributed by atoms with E-state index < -0.39 is 20.2 Å². The van der Waals surface area contributed by atoms with Gasteiger partial charge < -0.3 is 0 Å². The Hall–Kier alpha value is -2.30. The lowest BCUT2D eigenvalue weighted by molar-refractivity contribution is 0.480. The van der Waals surface area contributed by atoms with E-state index in [2.05, 4.69) is 4.98 Å². The smallest absolute Gasteiger partial charge is 0.282 e. The van der Waals surface area contributed by atoms with Crippen LogP contribution in [0.5, 0.6) is 0 Å². The fourth-order valence-electron chi connectivity index (χ4n) is 1.90. The van der Waals surface area contributed by atoms with E-state index in [-0.39, 0.29) is 9.79 Å². The summed E-state index contributed by atoms with van der Waals surface area (Å²) in [7, 11) is -8.05. The molecule has 0 saturated carbocycles. The van der Waals surface area contributed by atoms with Gasteiger partial charge in [0.25, 0.3) is 20.2 Å². The lowest BCUT2D eigenvalue weighted by Crippen LogP contribution is -1.99. The summed E-state index contributed by atoms with van der Waals surface area (Å²) in [5.74, 6) is 0. The molecule has 0 aliphatic carbocycles. The van der Waals surface area contributed by atoms with Gasteiger partial charge in [0.2, 0.25) is 0 Å². The molecule has 0 amide bonds. The SMILES string of the molecule is Cc1ccc(S(=O)(=O)O)cc1.Cc1ccccc1S(=O)(=O)O.Clc1ccccn1. The van der Waals surface area contributed by atoms with Crippen LogP contribution in [0.4, 0.5) is 0 Å². The first kappa shape index (κ1) is 24.7. The van der Waals surface area contributed by atoms with Crippen LogP contribution in [-0.2, 0) is 20.2 Å². The van der Waals surface area contributed by atoms with E-state index in [4.69, 9.17) is 20.7 Å². The second-order valence-electron chi connectivity index (χ2n) is 5.68. The molecule has 0 bridgehead atoms.